The molecule has 2 aromatic rings. The third-order valence-electron chi connectivity index (χ3n) is 4.31. The number of aliphatic hydroxyl groups is 1. The van der Waals surface area contributed by atoms with Crippen LogP contribution in [-0.2, 0) is 11.3 Å². The minimum absolute atomic E-state index is 0.286. The summed E-state index contributed by atoms with van der Waals surface area (Å²) in [5.41, 5.74) is 0.472. The number of rotatable bonds is 7. The predicted octanol–water partition coefficient (Wildman–Crippen LogP) is -0.575. The van der Waals surface area contributed by atoms with E-state index in [9.17, 15) is 9.50 Å². The number of hydrogen-bond acceptors (Lipinski definition) is 3. The van der Waals surface area contributed by atoms with E-state index in [2.05, 4.69) is 0 Å². The van der Waals surface area contributed by atoms with Crippen LogP contribution < -0.4 is 10.2 Å². The Labute approximate surface area is 141 Å². The Kier molecular flexibility index (Phi) is 5.98. The minimum Gasteiger partial charge on any atom is -0.455 e. The minimum atomic E-state index is -0.348. The molecule has 1 aromatic heterocycles. The number of benzene rings is 1. The van der Waals surface area contributed by atoms with E-state index < -0.39 is 0 Å². The first kappa shape index (κ1) is 17.1. The van der Waals surface area contributed by atoms with Crippen molar-refractivity contribution in [2.75, 3.05) is 39.4 Å². The van der Waals surface area contributed by atoms with Gasteiger partial charge in [0.25, 0.3) is 0 Å². The first-order chi connectivity index (χ1) is 11.7. The first-order valence-electron chi connectivity index (χ1n) is 8.47. The second-order valence-corrected chi connectivity index (χ2v) is 6.19. The summed E-state index contributed by atoms with van der Waals surface area (Å²) in [5.74, 6) is 1.03. The molecule has 1 aromatic carbocycles. The normalized spacial score (nSPS) is 17.1. The topological polar surface area (TPSA) is 63.7 Å². The molecule has 0 bridgehead atoms. The lowest BCUT2D eigenvalue weighted by Gasteiger charge is -2.25. The number of nitrogens with one attached hydrogen (secondary N) is 1. The number of morpholine rings is 1. The summed E-state index contributed by atoms with van der Waals surface area (Å²) in [4.78, 5) is 1.39. The van der Waals surface area contributed by atoms with Crippen LogP contribution in [0.25, 0.3) is 11.3 Å². The second-order valence-electron chi connectivity index (χ2n) is 6.19. The lowest BCUT2D eigenvalue weighted by molar-refractivity contribution is -0.912. The summed E-state index contributed by atoms with van der Waals surface area (Å²) in [5, 5.41) is 12.1. The van der Waals surface area contributed by atoms with E-state index in [1.165, 1.54) is 11.0 Å². The van der Waals surface area contributed by atoms with Gasteiger partial charge in [0.15, 0.2) is 11.9 Å². The van der Waals surface area contributed by atoms with Crippen molar-refractivity contribution in [1.29, 1.82) is 0 Å². The molecule has 0 aliphatic carbocycles. The van der Waals surface area contributed by atoms with Gasteiger partial charge < -0.3 is 24.5 Å². The largest absolute Gasteiger partial charge is 0.455 e. The van der Waals surface area contributed by atoms with E-state index in [0.717, 1.165) is 38.6 Å². The molecule has 0 spiro atoms. The van der Waals surface area contributed by atoms with Gasteiger partial charge in [-0.25, -0.2) is 4.39 Å². The van der Waals surface area contributed by atoms with Gasteiger partial charge in [0.1, 0.15) is 44.3 Å². The Balaban J connectivity index is 1.45. The van der Waals surface area contributed by atoms with Crippen molar-refractivity contribution in [3.05, 3.63) is 48.0 Å². The summed E-state index contributed by atoms with van der Waals surface area (Å²) < 4.78 is 24.8. The molecule has 1 aliphatic rings. The van der Waals surface area contributed by atoms with Gasteiger partial charge in [-0.05, 0) is 24.3 Å². The van der Waals surface area contributed by atoms with E-state index in [1.54, 1.807) is 24.3 Å². The van der Waals surface area contributed by atoms with Crippen LogP contribution in [0.15, 0.2) is 40.8 Å². The molecule has 0 unspecified atom stereocenters. The van der Waals surface area contributed by atoms with Crippen LogP contribution >= 0.6 is 0 Å². The predicted molar refractivity (Wildman–Crippen MR) is 87.0 cm³/mol. The SMILES string of the molecule is O[C@H](C[NH2+]Cc1ccc(-c2ccccc2F)o1)C[NH+]1CCOCC1. The molecule has 24 heavy (non-hydrogen) atoms. The Morgan fingerprint density at radius 1 is 1.17 bits per heavy atom. The third kappa shape index (κ3) is 4.64. The molecule has 0 radical (unpaired) electrons. The van der Waals surface area contributed by atoms with Crippen LogP contribution in [0.4, 0.5) is 4.39 Å². The molecule has 1 fully saturated rings. The molecule has 4 N–H and O–H groups in total. The third-order valence-corrected chi connectivity index (χ3v) is 4.31. The maximum Gasteiger partial charge on any atom is 0.158 e. The zero-order chi connectivity index (χ0) is 16.8. The molecule has 3 rings (SSSR count). The smallest absolute Gasteiger partial charge is 0.158 e. The van der Waals surface area contributed by atoms with Crippen molar-refractivity contribution in [1.82, 2.24) is 0 Å². The standard InChI is InChI=1S/C18H23FN2O3/c19-17-4-2-1-3-16(17)18-6-5-15(24-18)12-20-11-14(22)13-21-7-9-23-10-8-21/h1-6,14,20,22H,7-13H2/p+2/t14-/m1/s1. The van der Waals surface area contributed by atoms with E-state index in [0.29, 0.717) is 24.4 Å². The highest BCUT2D eigenvalue weighted by molar-refractivity contribution is 5.58. The van der Waals surface area contributed by atoms with Gasteiger partial charge >= 0.3 is 0 Å². The van der Waals surface area contributed by atoms with Crippen molar-refractivity contribution in [3.8, 4) is 11.3 Å². The van der Waals surface area contributed by atoms with Gasteiger partial charge in [-0.3, -0.25) is 0 Å². The molecule has 0 saturated carbocycles. The molecule has 1 aliphatic heterocycles. The summed E-state index contributed by atoms with van der Waals surface area (Å²) in [6, 6.07) is 10.2. The maximum absolute atomic E-state index is 13.8. The summed E-state index contributed by atoms with van der Waals surface area (Å²) in [6.07, 6.45) is -0.348. The van der Waals surface area contributed by atoms with Crippen LogP contribution in [0.1, 0.15) is 5.76 Å². The number of quaternary nitrogens is 2. The van der Waals surface area contributed by atoms with E-state index >= 15 is 0 Å². The zero-order valence-corrected chi connectivity index (χ0v) is 13.7. The van der Waals surface area contributed by atoms with Gasteiger partial charge in [-0.15, -0.1) is 0 Å². The highest BCUT2D eigenvalue weighted by atomic mass is 19.1. The van der Waals surface area contributed by atoms with E-state index in [1.807, 2.05) is 11.4 Å². The van der Waals surface area contributed by atoms with Crippen LogP contribution in [0, 0.1) is 5.82 Å². The number of ether oxygens (including phenoxy) is 1. The van der Waals surface area contributed by atoms with Gasteiger partial charge in [0.05, 0.1) is 18.8 Å². The monoisotopic (exact) mass is 336 g/mol. The van der Waals surface area contributed by atoms with Crippen molar-refractivity contribution in [3.63, 3.8) is 0 Å². The molecule has 5 nitrogen and oxygen atoms in total. The highest BCUT2D eigenvalue weighted by Gasteiger charge is 2.19. The second kappa shape index (κ2) is 8.39. The van der Waals surface area contributed by atoms with Crippen molar-refractivity contribution in [2.45, 2.75) is 12.6 Å². The fourth-order valence-electron chi connectivity index (χ4n) is 2.99. The molecular weight excluding hydrogens is 311 g/mol. The van der Waals surface area contributed by atoms with Crippen molar-refractivity contribution < 1.29 is 28.9 Å². The average Bonchev–Trinajstić information content (AvgIpc) is 3.05. The first-order valence-corrected chi connectivity index (χ1v) is 8.47. The molecular formula is C18H25FN2O3+2. The summed E-state index contributed by atoms with van der Waals surface area (Å²) in [7, 11) is 0. The van der Waals surface area contributed by atoms with Crippen LogP contribution in [-0.4, -0.2) is 50.6 Å². The van der Waals surface area contributed by atoms with Crippen molar-refractivity contribution in [2.24, 2.45) is 0 Å². The quantitative estimate of drug-likeness (QED) is 0.634. The fourth-order valence-corrected chi connectivity index (χ4v) is 2.99. The van der Waals surface area contributed by atoms with Crippen LogP contribution in [0.2, 0.25) is 0 Å². The Morgan fingerprint density at radius 3 is 2.75 bits per heavy atom. The number of halogens is 1. The molecule has 6 heteroatoms. The zero-order valence-electron chi connectivity index (χ0n) is 13.7. The lowest BCUT2D eigenvalue weighted by Crippen LogP contribution is -3.15. The Bertz CT molecular complexity index is 641. The number of nitrogens with two attached hydrogens (primary N) is 1. The van der Waals surface area contributed by atoms with Gasteiger partial charge in [-0.2, -0.15) is 0 Å². The number of hydrogen-bond donors (Lipinski definition) is 3. The summed E-state index contributed by atoms with van der Waals surface area (Å²) >= 11 is 0. The molecule has 2 heterocycles. The maximum atomic E-state index is 13.8. The van der Waals surface area contributed by atoms with Gasteiger partial charge in [-0.1, -0.05) is 12.1 Å². The van der Waals surface area contributed by atoms with Crippen LogP contribution in [0.5, 0.6) is 0 Å². The number of furan rings is 1. The number of aliphatic hydroxyl groups excluding tert-OH is 1. The fraction of sp³-hybridized carbons (Fsp3) is 0.444. The average molecular weight is 336 g/mol. The highest BCUT2D eigenvalue weighted by Crippen LogP contribution is 2.24. The van der Waals surface area contributed by atoms with Gasteiger partial charge in [0.2, 0.25) is 0 Å². The lowest BCUT2D eigenvalue weighted by atomic mass is 10.1. The molecule has 130 valence electrons. The Morgan fingerprint density at radius 2 is 1.96 bits per heavy atom. The van der Waals surface area contributed by atoms with E-state index in [4.69, 9.17) is 9.15 Å². The van der Waals surface area contributed by atoms with Crippen LogP contribution in [0.3, 0.4) is 0 Å². The molecule has 0 amide bonds. The Hall–Kier alpha value is -1.73. The summed E-state index contributed by atoms with van der Waals surface area (Å²) in [6.45, 7) is 5.47. The molecule has 1 atom stereocenters. The van der Waals surface area contributed by atoms with Gasteiger partial charge in [0, 0.05) is 0 Å². The molecule has 1 saturated heterocycles. The van der Waals surface area contributed by atoms with Crippen molar-refractivity contribution >= 4 is 0 Å². The van der Waals surface area contributed by atoms with E-state index in [-0.39, 0.29) is 11.9 Å².